The van der Waals surface area contributed by atoms with Crippen LogP contribution >= 0.6 is 0 Å². The lowest BCUT2D eigenvalue weighted by molar-refractivity contribution is -0.137. The monoisotopic (exact) mass is 478 g/mol. The SMILES string of the molecule is O=C1CN(Cc2ccccc2F)S(=O)(=O)c2ccccc2N1Cc1cccc(C(F)(F)F)c1. The molecule has 0 aromatic heterocycles. The minimum absolute atomic E-state index is 0.0518. The molecular formula is C23H18F4N2O3S. The van der Waals surface area contributed by atoms with E-state index in [-0.39, 0.29) is 34.8 Å². The minimum Gasteiger partial charge on any atom is -0.305 e. The maximum Gasteiger partial charge on any atom is 0.416 e. The second-order valence-corrected chi connectivity index (χ2v) is 9.42. The first kappa shape index (κ1) is 22.9. The molecule has 0 aliphatic carbocycles. The maximum atomic E-state index is 14.2. The number of alkyl halides is 3. The fourth-order valence-electron chi connectivity index (χ4n) is 3.65. The highest BCUT2D eigenvalue weighted by molar-refractivity contribution is 7.89. The zero-order chi connectivity index (χ0) is 23.8. The van der Waals surface area contributed by atoms with Gasteiger partial charge in [0.25, 0.3) is 0 Å². The van der Waals surface area contributed by atoms with Crippen LogP contribution in [0.4, 0.5) is 23.2 Å². The number of nitrogens with zero attached hydrogens (tertiary/aromatic N) is 2. The fourth-order valence-corrected chi connectivity index (χ4v) is 5.21. The Labute approximate surface area is 187 Å². The van der Waals surface area contributed by atoms with Crippen LogP contribution in [0.25, 0.3) is 0 Å². The molecule has 0 radical (unpaired) electrons. The number of halogens is 4. The van der Waals surface area contributed by atoms with Crippen molar-refractivity contribution < 1.29 is 30.8 Å². The number of benzene rings is 3. The lowest BCUT2D eigenvalue weighted by Crippen LogP contribution is -2.39. The Hall–Kier alpha value is -3.24. The third kappa shape index (κ3) is 4.62. The predicted molar refractivity (Wildman–Crippen MR) is 113 cm³/mol. The highest BCUT2D eigenvalue weighted by atomic mass is 32.2. The van der Waals surface area contributed by atoms with Crippen molar-refractivity contribution in [2.75, 3.05) is 11.4 Å². The molecule has 3 aromatic rings. The van der Waals surface area contributed by atoms with Crippen LogP contribution in [-0.4, -0.2) is 25.2 Å². The number of carbonyl (C=O) groups excluding carboxylic acids is 1. The van der Waals surface area contributed by atoms with Crippen LogP contribution < -0.4 is 4.90 Å². The topological polar surface area (TPSA) is 57.7 Å². The lowest BCUT2D eigenvalue weighted by atomic mass is 10.1. The first-order valence-electron chi connectivity index (χ1n) is 9.86. The summed E-state index contributed by atoms with van der Waals surface area (Å²) in [6, 6.07) is 15.9. The Bertz CT molecular complexity index is 1310. The molecule has 0 saturated carbocycles. The average Bonchev–Trinajstić information content (AvgIpc) is 2.84. The highest BCUT2D eigenvalue weighted by Gasteiger charge is 2.37. The van der Waals surface area contributed by atoms with Gasteiger partial charge >= 0.3 is 6.18 Å². The Kier molecular flexibility index (Phi) is 5.98. The van der Waals surface area contributed by atoms with E-state index in [1.807, 2.05) is 0 Å². The summed E-state index contributed by atoms with van der Waals surface area (Å²) in [4.78, 5) is 14.1. The van der Waals surface area contributed by atoms with Gasteiger partial charge in [-0.1, -0.05) is 42.5 Å². The van der Waals surface area contributed by atoms with E-state index in [1.165, 1.54) is 54.6 Å². The van der Waals surface area contributed by atoms with E-state index in [0.717, 1.165) is 21.3 Å². The predicted octanol–water partition coefficient (Wildman–Crippen LogP) is 4.58. The van der Waals surface area contributed by atoms with E-state index in [2.05, 4.69) is 0 Å². The van der Waals surface area contributed by atoms with Gasteiger partial charge in [-0.25, -0.2) is 12.8 Å². The molecule has 1 aliphatic heterocycles. The van der Waals surface area contributed by atoms with Crippen molar-refractivity contribution in [2.45, 2.75) is 24.2 Å². The third-order valence-electron chi connectivity index (χ3n) is 5.29. The second kappa shape index (κ2) is 8.60. The van der Waals surface area contributed by atoms with Gasteiger partial charge in [0, 0.05) is 12.1 Å². The number of para-hydroxylation sites is 1. The van der Waals surface area contributed by atoms with E-state index in [4.69, 9.17) is 0 Å². The molecule has 3 aromatic carbocycles. The van der Waals surface area contributed by atoms with Crippen molar-refractivity contribution in [3.63, 3.8) is 0 Å². The number of hydrogen-bond acceptors (Lipinski definition) is 3. The molecule has 0 saturated heterocycles. The summed E-state index contributed by atoms with van der Waals surface area (Å²) in [6.07, 6.45) is -4.56. The standard InChI is InChI=1S/C23H18F4N2O3S/c24-19-9-2-1-7-17(19)14-28-15-22(30)29(20-10-3-4-11-21(20)33(28,31)32)13-16-6-5-8-18(12-16)23(25,26)27/h1-12H,13-15H2. The van der Waals surface area contributed by atoms with Gasteiger partial charge in [-0.3, -0.25) is 4.79 Å². The summed E-state index contributed by atoms with van der Waals surface area (Å²) < 4.78 is 81.1. The first-order chi connectivity index (χ1) is 15.6. The minimum atomic E-state index is -4.56. The van der Waals surface area contributed by atoms with E-state index in [1.54, 1.807) is 6.07 Å². The number of carbonyl (C=O) groups is 1. The van der Waals surface area contributed by atoms with Crippen molar-refractivity contribution in [3.8, 4) is 0 Å². The molecule has 0 spiro atoms. The van der Waals surface area contributed by atoms with Crippen LogP contribution in [0.2, 0.25) is 0 Å². The molecule has 0 atom stereocenters. The number of rotatable bonds is 4. The molecule has 33 heavy (non-hydrogen) atoms. The number of sulfonamides is 1. The van der Waals surface area contributed by atoms with Gasteiger partial charge in [0.2, 0.25) is 15.9 Å². The molecular weight excluding hydrogens is 460 g/mol. The molecule has 0 unspecified atom stereocenters. The second-order valence-electron chi connectivity index (χ2n) is 7.51. The van der Waals surface area contributed by atoms with Crippen LogP contribution in [0.3, 0.4) is 0 Å². The summed E-state index contributed by atoms with van der Waals surface area (Å²) in [6.45, 7) is -1.22. The summed E-state index contributed by atoms with van der Waals surface area (Å²) >= 11 is 0. The highest BCUT2D eigenvalue weighted by Crippen LogP contribution is 2.34. The summed E-state index contributed by atoms with van der Waals surface area (Å²) in [5.74, 6) is -1.25. The van der Waals surface area contributed by atoms with E-state index >= 15 is 0 Å². The lowest BCUT2D eigenvalue weighted by Gasteiger charge is -2.22. The van der Waals surface area contributed by atoms with Gasteiger partial charge in [-0.15, -0.1) is 0 Å². The van der Waals surface area contributed by atoms with Gasteiger partial charge in [-0.2, -0.15) is 17.5 Å². The van der Waals surface area contributed by atoms with Crippen molar-refractivity contribution in [1.82, 2.24) is 4.31 Å². The Morgan fingerprint density at radius 2 is 1.58 bits per heavy atom. The smallest absolute Gasteiger partial charge is 0.305 e. The van der Waals surface area contributed by atoms with Gasteiger partial charge < -0.3 is 4.90 Å². The van der Waals surface area contributed by atoms with Gasteiger partial charge in [0.05, 0.1) is 24.3 Å². The molecule has 1 amide bonds. The zero-order valence-electron chi connectivity index (χ0n) is 17.1. The number of hydrogen-bond donors (Lipinski definition) is 0. The molecule has 172 valence electrons. The molecule has 4 rings (SSSR count). The van der Waals surface area contributed by atoms with E-state index in [0.29, 0.717) is 0 Å². The van der Waals surface area contributed by atoms with Crippen molar-refractivity contribution in [1.29, 1.82) is 0 Å². The van der Waals surface area contributed by atoms with Gasteiger partial charge in [0.1, 0.15) is 10.7 Å². The summed E-state index contributed by atoms with van der Waals surface area (Å²) in [5.41, 5.74) is -0.536. The molecule has 10 heteroatoms. The fraction of sp³-hybridized carbons (Fsp3) is 0.174. The molecule has 1 aliphatic rings. The molecule has 0 bridgehead atoms. The Morgan fingerprint density at radius 1 is 0.879 bits per heavy atom. The normalized spacial score (nSPS) is 16.4. The van der Waals surface area contributed by atoms with Crippen LogP contribution in [0.1, 0.15) is 16.7 Å². The van der Waals surface area contributed by atoms with Crippen molar-refractivity contribution in [2.24, 2.45) is 0 Å². The Balaban J connectivity index is 1.74. The molecule has 5 nitrogen and oxygen atoms in total. The van der Waals surface area contributed by atoms with Gasteiger partial charge in [0.15, 0.2) is 0 Å². The van der Waals surface area contributed by atoms with Crippen molar-refractivity contribution in [3.05, 3.63) is 95.3 Å². The van der Waals surface area contributed by atoms with Crippen LogP contribution in [0.15, 0.2) is 77.7 Å². The van der Waals surface area contributed by atoms with E-state index in [9.17, 15) is 30.8 Å². The molecule has 0 fully saturated rings. The number of amides is 1. The number of fused-ring (bicyclic) bond motifs is 1. The van der Waals surface area contributed by atoms with Crippen molar-refractivity contribution >= 4 is 21.6 Å². The molecule has 1 heterocycles. The first-order valence-corrected chi connectivity index (χ1v) is 11.3. The van der Waals surface area contributed by atoms with E-state index < -0.39 is 40.0 Å². The maximum absolute atomic E-state index is 14.2. The molecule has 0 N–H and O–H groups in total. The zero-order valence-corrected chi connectivity index (χ0v) is 17.9. The van der Waals surface area contributed by atoms with Gasteiger partial charge in [-0.05, 0) is 35.9 Å². The van der Waals surface area contributed by atoms with Crippen LogP contribution in [-0.2, 0) is 34.1 Å². The average molecular weight is 478 g/mol. The Morgan fingerprint density at radius 3 is 2.30 bits per heavy atom. The summed E-state index contributed by atoms with van der Waals surface area (Å²) in [7, 11) is -4.20. The quantitative estimate of drug-likeness (QED) is 0.516. The van der Waals surface area contributed by atoms with Crippen LogP contribution in [0, 0.1) is 5.82 Å². The summed E-state index contributed by atoms with van der Waals surface area (Å²) in [5, 5.41) is 0. The number of anilines is 1. The largest absolute Gasteiger partial charge is 0.416 e. The van der Waals surface area contributed by atoms with Crippen LogP contribution in [0.5, 0.6) is 0 Å². The third-order valence-corrected chi connectivity index (χ3v) is 7.13.